The summed E-state index contributed by atoms with van der Waals surface area (Å²) in [7, 11) is 0. The fourth-order valence-corrected chi connectivity index (χ4v) is 4.50. The molecule has 1 saturated heterocycles. The lowest BCUT2D eigenvalue weighted by Gasteiger charge is -2.36. The van der Waals surface area contributed by atoms with Gasteiger partial charge in [-0.25, -0.2) is 4.79 Å². The van der Waals surface area contributed by atoms with Crippen molar-refractivity contribution < 1.29 is 14.4 Å². The first-order valence-corrected chi connectivity index (χ1v) is 9.18. The fraction of sp³-hybridized carbons (Fsp3) is 0.450. The molecule has 1 aromatic carbocycles. The van der Waals surface area contributed by atoms with Crippen molar-refractivity contribution in [3.63, 3.8) is 0 Å². The van der Waals surface area contributed by atoms with Crippen LogP contribution < -0.4 is 5.32 Å². The lowest BCUT2D eigenvalue weighted by molar-refractivity contribution is -0.133. The minimum Gasteiger partial charge on any atom is -0.358 e. The van der Waals surface area contributed by atoms with Gasteiger partial charge in [-0.05, 0) is 31.7 Å². The van der Waals surface area contributed by atoms with Crippen molar-refractivity contribution in [2.75, 3.05) is 6.54 Å². The second kappa shape index (κ2) is 5.97. The number of H-pyrrole nitrogens is 1. The third-order valence-corrected chi connectivity index (χ3v) is 5.98. The van der Waals surface area contributed by atoms with Crippen LogP contribution >= 0.6 is 0 Å². The number of para-hydroxylation sites is 1. The van der Waals surface area contributed by atoms with Gasteiger partial charge in [0, 0.05) is 22.2 Å². The summed E-state index contributed by atoms with van der Waals surface area (Å²) < 4.78 is 0. The molecule has 1 aliphatic carbocycles. The minimum absolute atomic E-state index is 0.0858. The van der Waals surface area contributed by atoms with Gasteiger partial charge in [0.15, 0.2) is 5.78 Å². The lowest BCUT2D eigenvalue weighted by Crippen LogP contribution is -2.54. The van der Waals surface area contributed by atoms with Crippen LogP contribution in [-0.4, -0.2) is 39.7 Å². The predicted molar refractivity (Wildman–Crippen MR) is 98.0 cm³/mol. The average molecular weight is 353 g/mol. The second-order valence-corrected chi connectivity index (χ2v) is 7.53. The number of hydrogen-bond donors (Lipinski definition) is 2. The highest BCUT2D eigenvalue weighted by Gasteiger charge is 2.55. The molecule has 1 saturated carbocycles. The maximum atomic E-state index is 13.0. The SMILES string of the molecule is Cc1[nH]c2ccccc2c1C(=O)CN1C(=O)N[C@]2(CCCC[C@@H]2C)C1=O. The zero-order valence-electron chi connectivity index (χ0n) is 15.1. The van der Waals surface area contributed by atoms with Crippen molar-refractivity contribution in [2.24, 2.45) is 5.92 Å². The van der Waals surface area contributed by atoms with Crippen LogP contribution in [0.25, 0.3) is 10.9 Å². The summed E-state index contributed by atoms with van der Waals surface area (Å²) in [6, 6.07) is 7.11. The number of amides is 3. The maximum absolute atomic E-state index is 13.0. The van der Waals surface area contributed by atoms with Gasteiger partial charge in [0.2, 0.25) is 0 Å². The van der Waals surface area contributed by atoms with E-state index in [1.54, 1.807) is 0 Å². The van der Waals surface area contributed by atoms with E-state index in [2.05, 4.69) is 10.3 Å². The van der Waals surface area contributed by atoms with Gasteiger partial charge in [-0.15, -0.1) is 0 Å². The molecule has 2 heterocycles. The molecule has 2 fully saturated rings. The Kier molecular flexibility index (Phi) is 3.86. The highest BCUT2D eigenvalue weighted by Crippen LogP contribution is 2.38. The number of aromatic amines is 1. The molecule has 2 N–H and O–H groups in total. The zero-order valence-corrected chi connectivity index (χ0v) is 15.1. The maximum Gasteiger partial charge on any atom is 0.325 e. The number of urea groups is 1. The van der Waals surface area contributed by atoms with E-state index in [9.17, 15) is 14.4 Å². The van der Waals surface area contributed by atoms with Crippen molar-refractivity contribution in [1.82, 2.24) is 15.2 Å². The van der Waals surface area contributed by atoms with Crippen molar-refractivity contribution in [1.29, 1.82) is 0 Å². The largest absolute Gasteiger partial charge is 0.358 e. The number of aromatic nitrogens is 1. The number of imide groups is 1. The Hall–Kier alpha value is -2.63. The quantitative estimate of drug-likeness (QED) is 0.657. The Labute approximate surface area is 151 Å². The molecule has 4 rings (SSSR count). The Balaban J connectivity index is 1.62. The minimum atomic E-state index is -0.828. The lowest BCUT2D eigenvalue weighted by atomic mass is 9.73. The monoisotopic (exact) mass is 353 g/mol. The van der Waals surface area contributed by atoms with Crippen LogP contribution in [-0.2, 0) is 4.79 Å². The molecular formula is C20H23N3O3. The van der Waals surface area contributed by atoms with Crippen LogP contribution in [0.2, 0.25) is 0 Å². The van der Waals surface area contributed by atoms with E-state index >= 15 is 0 Å². The van der Waals surface area contributed by atoms with Crippen LogP contribution in [0.3, 0.4) is 0 Å². The Morgan fingerprint density at radius 1 is 1.27 bits per heavy atom. The average Bonchev–Trinajstić information content (AvgIpc) is 3.07. The highest BCUT2D eigenvalue weighted by atomic mass is 16.2. The van der Waals surface area contributed by atoms with Gasteiger partial charge in [-0.2, -0.15) is 0 Å². The van der Waals surface area contributed by atoms with Crippen LogP contribution in [0.5, 0.6) is 0 Å². The van der Waals surface area contributed by atoms with Crippen molar-refractivity contribution in [3.8, 4) is 0 Å². The third kappa shape index (κ3) is 2.35. The number of nitrogens with one attached hydrogen (secondary N) is 2. The predicted octanol–water partition coefficient (Wildman–Crippen LogP) is 3.16. The summed E-state index contributed by atoms with van der Waals surface area (Å²) in [4.78, 5) is 42.8. The molecule has 0 unspecified atom stereocenters. The van der Waals surface area contributed by atoms with E-state index in [-0.39, 0.29) is 24.2 Å². The Bertz CT molecular complexity index is 916. The number of nitrogens with zero attached hydrogens (tertiary/aromatic N) is 1. The van der Waals surface area contributed by atoms with E-state index in [0.717, 1.165) is 40.8 Å². The number of hydrogen-bond acceptors (Lipinski definition) is 3. The Morgan fingerprint density at radius 2 is 2.04 bits per heavy atom. The normalized spacial score (nSPS) is 25.9. The molecule has 2 atom stereocenters. The summed E-state index contributed by atoms with van der Waals surface area (Å²) in [6.07, 6.45) is 3.55. The molecule has 1 aromatic heterocycles. The van der Waals surface area contributed by atoms with E-state index in [1.807, 2.05) is 38.1 Å². The van der Waals surface area contributed by atoms with Crippen molar-refractivity contribution in [2.45, 2.75) is 45.1 Å². The first-order valence-electron chi connectivity index (χ1n) is 9.18. The standard InChI is InChI=1S/C20H23N3O3/c1-12-7-5-6-10-20(12)18(25)23(19(26)22-20)11-16(24)17-13(2)21-15-9-4-3-8-14(15)17/h3-4,8-9,12,21H,5-7,10-11H2,1-2H3,(H,22,26)/t12-,20-/m0/s1. The highest BCUT2D eigenvalue weighted by molar-refractivity contribution is 6.15. The van der Waals surface area contributed by atoms with E-state index in [1.165, 1.54) is 0 Å². The zero-order chi connectivity index (χ0) is 18.5. The first kappa shape index (κ1) is 16.8. The van der Waals surface area contributed by atoms with Crippen molar-refractivity contribution in [3.05, 3.63) is 35.5 Å². The van der Waals surface area contributed by atoms with E-state index in [0.29, 0.717) is 12.0 Å². The van der Waals surface area contributed by atoms with Gasteiger partial charge < -0.3 is 10.3 Å². The van der Waals surface area contributed by atoms with Gasteiger partial charge in [-0.1, -0.05) is 38.0 Å². The molecule has 2 aromatic rings. The number of Topliss-reactive ketones (excluding diaryl/α,β-unsaturated/α-hetero) is 1. The van der Waals surface area contributed by atoms with Gasteiger partial charge in [0.25, 0.3) is 5.91 Å². The molecule has 3 amide bonds. The van der Waals surface area contributed by atoms with Crippen LogP contribution in [0.1, 0.15) is 48.7 Å². The second-order valence-electron chi connectivity index (χ2n) is 7.53. The number of fused-ring (bicyclic) bond motifs is 1. The van der Waals surface area contributed by atoms with E-state index in [4.69, 9.17) is 0 Å². The molecule has 2 aliphatic rings. The molecular weight excluding hydrogens is 330 g/mol. The van der Waals surface area contributed by atoms with Gasteiger partial charge in [0.05, 0.1) is 6.54 Å². The number of benzene rings is 1. The van der Waals surface area contributed by atoms with Crippen LogP contribution in [0, 0.1) is 12.8 Å². The molecule has 6 heteroatoms. The summed E-state index contributed by atoms with van der Waals surface area (Å²) in [5.74, 6) is -0.382. The summed E-state index contributed by atoms with van der Waals surface area (Å²) in [5, 5.41) is 3.72. The van der Waals surface area contributed by atoms with Gasteiger partial charge >= 0.3 is 6.03 Å². The summed E-state index contributed by atoms with van der Waals surface area (Å²) in [6.45, 7) is 3.62. The fourth-order valence-electron chi connectivity index (χ4n) is 4.50. The topological polar surface area (TPSA) is 82.3 Å². The summed E-state index contributed by atoms with van der Waals surface area (Å²) >= 11 is 0. The van der Waals surface area contributed by atoms with Gasteiger partial charge in [-0.3, -0.25) is 14.5 Å². The molecule has 26 heavy (non-hydrogen) atoms. The van der Waals surface area contributed by atoms with Crippen molar-refractivity contribution >= 4 is 28.6 Å². The van der Waals surface area contributed by atoms with Gasteiger partial charge in [0.1, 0.15) is 5.54 Å². The number of ketones is 1. The summed E-state index contributed by atoms with van der Waals surface area (Å²) in [5.41, 5.74) is 1.36. The number of aryl methyl sites for hydroxylation is 1. The molecule has 1 aliphatic heterocycles. The molecule has 136 valence electrons. The Morgan fingerprint density at radius 3 is 2.81 bits per heavy atom. The number of carbonyl (C=O) groups excluding carboxylic acids is 3. The smallest absolute Gasteiger partial charge is 0.325 e. The van der Waals surface area contributed by atoms with E-state index < -0.39 is 11.6 Å². The number of rotatable bonds is 3. The molecule has 6 nitrogen and oxygen atoms in total. The molecule has 0 bridgehead atoms. The first-order chi connectivity index (χ1) is 12.4. The van der Waals surface area contributed by atoms with Crippen LogP contribution in [0.15, 0.2) is 24.3 Å². The molecule has 0 radical (unpaired) electrons. The molecule has 1 spiro atoms. The third-order valence-electron chi connectivity index (χ3n) is 5.98. The number of carbonyl (C=O) groups is 3. The van der Waals surface area contributed by atoms with Crippen LogP contribution in [0.4, 0.5) is 4.79 Å².